The monoisotopic (exact) mass is 297 g/mol. The molecular weight excluding hydrogens is 274 g/mol. The summed E-state index contributed by atoms with van der Waals surface area (Å²) in [6.45, 7) is 3.29. The first kappa shape index (κ1) is 15.0. The molecule has 1 aromatic heterocycles. The molecule has 0 spiro atoms. The lowest BCUT2D eigenvalue weighted by molar-refractivity contribution is 0.506. The van der Waals surface area contributed by atoms with Gasteiger partial charge in [0, 0.05) is 34.7 Å². The highest BCUT2D eigenvalue weighted by Gasteiger charge is 2.24. The summed E-state index contributed by atoms with van der Waals surface area (Å²) in [5, 5.41) is 4.38. The van der Waals surface area contributed by atoms with Crippen LogP contribution in [0.3, 0.4) is 0 Å². The molecule has 2 atom stereocenters. The van der Waals surface area contributed by atoms with Gasteiger partial charge in [-0.25, -0.2) is 4.98 Å². The number of thioether (sulfide) groups is 2. The van der Waals surface area contributed by atoms with Crippen LogP contribution in [0.15, 0.2) is 18.3 Å². The van der Waals surface area contributed by atoms with Crippen LogP contribution in [0, 0.1) is 0 Å². The van der Waals surface area contributed by atoms with Gasteiger partial charge in [-0.15, -0.1) is 0 Å². The summed E-state index contributed by atoms with van der Waals surface area (Å²) in [5.41, 5.74) is 7.15. The maximum Gasteiger partial charge on any atom is 0.126 e. The molecule has 2 rings (SSSR count). The van der Waals surface area contributed by atoms with Gasteiger partial charge in [0.15, 0.2) is 0 Å². The number of anilines is 1. The molecule has 1 aromatic rings. The Bertz CT molecular complexity index is 381. The van der Waals surface area contributed by atoms with Gasteiger partial charge in [-0.1, -0.05) is 13.0 Å². The van der Waals surface area contributed by atoms with Crippen LogP contribution in [0.1, 0.15) is 18.9 Å². The van der Waals surface area contributed by atoms with E-state index in [0.29, 0.717) is 17.1 Å². The first-order valence-corrected chi connectivity index (χ1v) is 9.13. The smallest absolute Gasteiger partial charge is 0.126 e. The zero-order valence-corrected chi connectivity index (χ0v) is 13.1. The van der Waals surface area contributed by atoms with Crippen molar-refractivity contribution < 1.29 is 0 Å². The summed E-state index contributed by atoms with van der Waals surface area (Å²) in [7, 11) is 0. The SMILES string of the molecule is CCCNC(Cc1cccnc1N)C1CSCCS1. The average Bonchev–Trinajstić information content (AvgIpc) is 2.46. The Morgan fingerprint density at radius 3 is 3.11 bits per heavy atom. The van der Waals surface area contributed by atoms with E-state index < -0.39 is 0 Å². The van der Waals surface area contributed by atoms with Crippen LogP contribution in [-0.2, 0) is 6.42 Å². The number of rotatable bonds is 6. The summed E-state index contributed by atoms with van der Waals surface area (Å²) in [4.78, 5) is 4.20. The van der Waals surface area contributed by atoms with Crippen molar-refractivity contribution >= 4 is 29.3 Å². The summed E-state index contributed by atoms with van der Waals surface area (Å²) >= 11 is 4.17. The lowest BCUT2D eigenvalue weighted by Gasteiger charge is -2.30. The number of aromatic nitrogens is 1. The van der Waals surface area contributed by atoms with E-state index in [1.165, 1.54) is 29.2 Å². The van der Waals surface area contributed by atoms with Gasteiger partial charge in [-0.3, -0.25) is 0 Å². The Hall–Kier alpha value is -0.390. The van der Waals surface area contributed by atoms with Gasteiger partial charge < -0.3 is 11.1 Å². The number of hydrogen-bond acceptors (Lipinski definition) is 5. The number of nitrogens with zero attached hydrogens (tertiary/aromatic N) is 1. The van der Waals surface area contributed by atoms with Crippen molar-refractivity contribution in [1.82, 2.24) is 10.3 Å². The highest BCUT2D eigenvalue weighted by atomic mass is 32.2. The molecule has 0 saturated carbocycles. The van der Waals surface area contributed by atoms with E-state index in [1.54, 1.807) is 6.20 Å². The molecule has 0 radical (unpaired) electrons. The second-order valence-electron chi connectivity index (χ2n) is 4.80. The number of pyridine rings is 1. The van der Waals surface area contributed by atoms with Crippen LogP contribution < -0.4 is 11.1 Å². The third-order valence-corrected chi connectivity index (χ3v) is 6.23. The molecule has 2 unspecified atom stereocenters. The minimum Gasteiger partial charge on any atom is -0.383 e. The van der Waals surface area contributed by atoms with Crippen LogP contribution in [0.2, 0.25) is 0 Å². The fourth-order valence-electron chi connectivity index (χ4n) is 2.26. The van der Waals surface area contributed by atoms with E-state index in [2.05, 4.69) is 46.8 Å². The number of nitrogen functional groups attached to an aromatic ring is 1. The number of hydrogen-bond donors (Lipinski definition) is 2. The van der Waals surface area contributed by atoms with Gasteiger partial charge in [0.25, 0.3) is 0 Å². The predicted molar refractivity (Wildman–Crippen MR) is 88.0 cm³/mol. The molecule has 0 bridgehead atoms. The Morgan fingerprint density at radius 1 is 1.53 bits per heavy atom. The van der Waals surface area contributed by atoms with Crippen molar-refractivity contribution in [1.29, 1.82) is 0 Å². The molecule has 5 heteroatoms. The highest BCUT2D eigenvalue weighted by molar-refractivity contribution is 8.06. The van der Waals surface area contributed by atoms with E-state index in [-0.39, 0.29) is 0 Å². The highest BCUT2D eigenvalue weighted by Crippen LogP contribution is 2.28. The van der Waals surface area contributed by atoms with E-state index in [1.807, 2.05) is 6.07 Å². The Kier molecular flexibility index (Phi) is 6.34. The van der Waals surface area contributed by atoms with Gasteiger partial charge in [0.2, 0.25) is 0 Å². The topological polar surface area (TPSA) is 50.9 Å². The van der Waals surface area contributed by atoms with Crippen LogP contribution in [0.25, 0.3) is 0 Å². The maximum absolute atomic E-state index is 5.98. The summed E-state index contributed by atoms with van der Waals surface area (Å²) < 4.78 is 0. The van der Waals surface area contributed by atoms with Gasteiger partial charge in [-0.2, -0.15) is 23.5 Å². The Labute approximate surface area is 124 Å². The molecule has 3 nitrogen and oxygen atoms in total. The molecule has 1 saturated heterocycles. The lowest BCUT2D eigenvalue weighted by atomic mass is 10.0. The molecule has 3 N–H and O–H groups in total. The predicted octanol–water partition coefficient (Wildman–Crippen LogP) is 2.42. The molecule has 0 amide bonds. The minimum absolute atomic E-state index is 0.504. The van der Waals surface area contributed by atoms with Gasteiger partial charge >= 0.3 is 0 Å². The van der Waals surface area contributed by atoms with Crippen LogP contribution in [-0.4, -0.2) is 40.1 Å². The van der Waals surface area contributed by atoms with Crippen LogP contribution in [0.4, 0.5) is 5.82 Å². The Morgan fingerprint density at radius 2 is 2.42 bits per heavy atom. The van der Waals surface area contributed by atoms with E-state index in [9.17, 15) is 0 Å². The largest absolute Gasteiger partial charge is 0.383 e. The van der Waals surface area contributed by atoms with Crippen molar-refractivity contribution in [2.45, 2.75) is 31.1 Å². The molecule has 2 heterocycles. The molecule has 19 heavy (non-hydrogen) atoms. The van der Waals surface area contributed by atoms with Crippen molar-refractivity contribution in [3.05, 3.63) is 23.9 Å². The van der Waals surface area contributed by atoms with Gasteiger partial charge in [0.05, 0.1) is 0 Å². The first-order chi connectivity index (χ1) is 9.31. The van der Waals surface area contributed by atoms with Crippen molar-refractivity contribution in [2.24, 2.45) is 0 Å². The number of nitrogens with one attached hydrogen (secondary N) is 1. The first-order valence-electron chi connectivity index (χ1n) is 6.93. The molecule has 106 valence electrons. The average molecular weight is 297 g/mol. The second kappa shape index (κ2) is 8.02. The molecular formula is C14H23N3S2. The van der Waals surface area contributed by atoms with Gasteiger partial charge in [0.1, 0.15) is 5.82 Å². The summed E-state index contributed by atoms with van der Waals surface area (Å²) in [5.74, 6) is 4.48. The lowest BCUT2D eigenvalue weighted by Crippen LogP contribution is -2.43. The molecule has 0 aliphatic carbocycles. The molecule has 1 aliphatic rings. The van der Waals surface area contributed by atoms with Gasteiger partial charge in [-0.05, 0) is 31.0 Å². The third-order valence-electron chi connectivity index (χ3n) is 3.31. The molecule has 1 aliphatic heterocycles. The fraction of sp³-hybridized carbons (Fsp3) is 0.643. The van der Waals surface area contributed by atoms with E-state index in [0.717, 1.165) is 13.0 Å². The molecule has 0 aromatic carbocycles. The zero-order chi connectivity index (χ0) is 13.5. The standard InChI is InChI=1S/C14H23N3S2/c1-2-5-16-12(13-10-18-7-8-19-13)9-11-4-3-6-17-14(11)15/h3-4,6,12-13,16H,2,5,7-10H2,1H3,(H2,15,17). The Balaban J connectivity index is 2.02. The summed E-state index contributed by atoms with van der Waals surface area (Å²) in [6.07, 6.45) is 3.92. The maximum atomic E-state index is 5.98. The third kappa shape index (κ3) is 4.58. The summed E-state index contributed by atoms with van der Waals surface area (Å²) in [6, 6.07) is 4.58. The normalized spacial score (nSPS) is 21.2. The fourth-order valence-corrected chi connectivity index (χ4v) is 5.15. The number of nitrogens with two attached hydrogens (primary N) is 1. The van der Waals surface area contributed by atoms with Crippen molar-refractivity contribution in [3.63, 3.8) is 0 Å². The van der Waals surface area contributed by atoms with E-state index in [4.69, 9.17) is 5.73 Å². The molecule has 1 fully saturated rings. The minimum atomic E-state index is 0.504. The second-order valence-corrected chi connectivity index (χ2v) is 7.29. The van der Waals surface area contributed by atoms with Crippen LogP contribution >= 0.6 is 23.5 Å². The van der Waals surface area contributed by atoms with Crippen molar-refractivity contribution in [3.8, 4) is 0 Å². The zero-order valence-electron chi connectivity index (χ0n) is 11.5. The van der Waals surface area contributed by atoms with Crippen molar-refractivity contribution in [2.75, 3.05) is 29.5 Å². The quantitative estimate of drug-likeness (QED) is 0.844. The van der Waals surface area contributed by atoms with Crippen LogP contribution in [0.5, 0.6) is 0 Å². The van der Waals surface area contributed by atoms with E-state index >= 15 is 0 Å².